The summed E-state index contributed by atoms with van der Waals surface area (Å²) in [6.45, 7) is 0. The molecule has 1 aromatic carbocycles. The minimum atomic E-state index is -0.174. The number of hydrogen-bond acceptors (Lipinski definition) is 5. The number of aromatic amines is 1. The number of amides is 1. The van der Waals surface area contributed by atoms with E-state index in [0.717, 1.165) is 16.3 Å². The van der Waals surface area contributed by atoms with Crippen molar-refractivity contribution in [3.05, 3.63) is 47.7 Å². The maximum Gasteiger partial charge on any atom is 0.232 e. The number of rotatable bonds is 4. The monoisotopic (exact) mass is 285 g/mol. The van der Waals surface area contributed by atoms with Crippen LogP contribution in [0.1, 0.15) is 5.69 Å². The van der Waals surface area contributed by atoms with Crippen molar-refractivity contribution in [3.63, 3.8) is 0 Å². The van der Waals surface area contributed by atoms with Crippen LogP contribution in [0.15, 0.2) is 42.0 Å². The molecule has 7 heteroatoms. The van der Waals surface area contributed by atoms with Crippen molar-refractivity contribution in [2.24, 2.45) is 0 Å². The third kappa shape index (κ3) is 2.89. The molecule has 2 aromatic heterocycles. The van der Waals surface area contributed by atoms with Gasteiger partial charge in [0.25, 0.3) is 0 Å². The summed E-state index contributed by atoms with van der Waals surface area (Å²) in [7, 11) is 0. The van der Waals surface area contributed by atoms with Gasteiger partial charge in [0, 0.05) is 10.9 Å². The van der Waals surface area contributed by atoms with Gasteiger partial charge in [-0.2, -0.15) is 10.1 Å². The number of thiazole rings is 1. The average Bonchev–Trinajstić information content (AvgIpc) is 3.11. The molecule has 3 aromatic rings. The van der Waals surface area contributed by atoms with E-state index < -0.39 is 0 Å². The van der Waals surface area contributed by atoms with E-state index in [9.17, 15) is 4.79 Å². The number of hydrogen-bond donors (Lipinski definition) is 2. The molecule has 0 aliphatic heterocycles. The number of H-pyrrole nitrogens is 1. The second-order valence-electron chi connectivity index (χ2n) is 4.07. The second-order valence-corrected chi connectivity index (χ2v) is 4.93. The van der Waals surface area contributed by atoms with Crippen molar-refractivity contribution in [1.29, 1.82) is 0 Å². The van der Waals surface area contributed by atoms with Crippen molar-refractivity contribution in [2.45, 2.75) is 6.42 Å². The third-order valence-corrected chi connectivity index (χ3v) is 3.53. The van der Waals surface area contributed by atoms with Crippen molar-refractivity contribution < 1.29 is 4.79 Å². The number of aromatic nitrogens is 4. The number of anilines is 1. The Morgan fingerprint density at radius 3 is 2.90 bits per heavy atom. The molecule has 0 fully saturated rings. The normalized spacial score (nSPS) is 10.4. The maximum absolute atomic E-state index is 11.8. The highest BCUT2D eigenvalue weighted by Gasteiger charge is 2.10. The molecule has 0 aliphatic carbocycles. The lowest BCUT2D eigenvalue weighted by Crippen LogP contribution is -2.15. The van der Waals surface area contributed by atoms with Crippen LogP contribution in [0.4, 0.5) is 5.95 Å². The van der Waals surface area contributed by atoms with Gasteiger partial charge in [-0.25, -0.2) is 10.1 Å². The van der Waals surface area contributed by atoms with Gasteiger partial charge >= 0.3 is 0 Å². The van der Waals surface area contributed by atoms with Crippen LogP contribution in [0.3, 0.4) is 0 Å². The summed E-state index contributed by atoms with van der Waals surface area (Å²) in [5.41, 5.74) is 1.80. The number of carbonyl (C=O) groups excluding carboxylic acids is 1. The molecule has 0 radical (unpaired) electrons. The second kappa shape index (κ2) is 5.62. The van der Waals surface area contributed by atoms with Crippen LogP contribution in [-0.2, 0) is 11.2 Å². The van der Waals surface area contributed by atoms with E-state index in [1.807, 2.05) is 35.7 Å². The molecular formula is C13H11N5OS. The molecule has 0 aliphatic rings. The van der Waals surface area contributed by atoms with Crippen LogP contribution in [0.2, 0.25) is 0 Å². The molecule has 0 bridgehead atoms. The number of benzene rings is 1. The Kier molecular flexibility index (Phi) is 3.51. The highest BCUT2D eigenvalue weighted by Crippen LogP contribution is 2.23. The van der Waals surface area contributed by atoms with Gasteiger partial charge in [-0.05, 0) is 0 Å². The molecule has 6 nitrogen and oxygen atoms in total. The summed E-state index contributed by atoms with van der Waals surface area (Å²) in [6.07, 6.45) is 1.55. The van der Waals surface area contributed by atoms with Crippen LogP contribution in [0.25, 0.3) is 10.6 Å². The Balaban J connectivity index is 1.67. The molecule has 20 heavy (non-hydrogen) atoms. The third-order valence-electron chi connectivity index (χ3n) is 2.59. The highest BCUT2D eigenvalue weighted by atomic mass is 32.1. The van der Waals surface area contributed by atoms with E-state index in [1.165, 1.54) is 17.7 Å². The first kappa shape index (κ1) is 12.5. The van der Waals surface area contributed by atoms with Crippen molar-refractivity contribution >= 4 is 23.2 Å². The van der Waals surface area contributed by atoms with Crippen LogP contribution >= 0.6 is 11.3 Å². The molecule has 0 spiro atoms. The standard InChI is InChI=1S/C13H11N5OS/c19-11(17-13-14-8-15-18-13)6-10-7-20-12(16-10)9-4-2-1-3-5-9/h1-5,7-8H,6H2,(H2,14,15,17,18,19). The molecule has 0 atom stereocenters. The Morgan fingerprint density at radius 1 is 1.30 bits per heavy atom. The van der Waals surface area contributed by atoms with E-state index in [4.69, 9.17) is 0 Å². The molecule has 1 amide bonds. The smallest absolute Gasteiger partial charge is 0.232 e. The van der Waals surface area contributed by atoms with Gasteiger partial charge in [-0.1, -0.05) is 30.3 Å². The molecule has 3 rings (SSSR count). The van der Waals surface area contributed by atoms with E-state index in [-0.39, 0.29) is 12.3 Å². The van der Waals surface area contributed by atoms with Crippen LogP contribution in [0.5, 0.6) is 0 Å². The summed E-state index contributed by atoms with van der Waals surface area (Å²) < 4.78 is 0. The van der Waals surface area contributed by atoms with Crippen LogP contribution in [0, 0.1) is 0 Å². The summed E-state index contributed by atoms with van der Waals surface area (Å²) in [5.74, 6) is 0.167. The van der Waals surface area contributed by atoms with Gasteiger partial charge in [0.1, 0.15) is 11.3 Å². The van der Waals surface area contributed by atoms with Gasteiger partial charge in [0.2, 0.25) is 11.9 Å². The minimum absolute atomic E-state index is 0.174. The average molecular weight is 285 g/mol. The lowest BCUT2D eigenvalue weighted by molar-refractivity contribution is -0.115. The van der Waals surface area contributed by atoms with Gasteiger partial charge < -0.3 is 0 Å². The molecule has 100 valence electrons. The fourth-order valence-corrected chi connectivity index (χ4v) is 2.53. The van der Waals surface area contributed by atoms with Crippen molar-refractivity contribution in [2.75, 3.05) is 5.32 Å². The molecule has 0 unspecified atom stereocenters. The van der Waals surface area contributed by atoms with Crippen molar-refractivity contribution in [3.8, 4) is 10.6 Å². The number of nitrogens with one attached hydrogen (secondary N) is 2. The summed E-state index contributed by atoms with van der Waals surface area (Å²) in [4.78, 5) is 20.1. The van der Waals surface area contributed by atoms with Gasteiger partial charge in [-0.3, -0.25) is 10.1 Å². The Labute approximate surface area is 118 Å². The van der Waals surface area contributed by atoms with E-state index in [1.54, 1.807) is 0 Å². The van der Waals surface area contributed by atoms with Gasteiger partial charge in [0.05, 0.1) is 12.1 Å². The predicted molar refractivity (Wildman–Crippen MR) is 76.3 cm³/mol. The predicted octanol–water partition coefficient (Wildman–Crippen LogP) is 2.11. The Hall–Kier alpha value is -2.54. The first-order chi connectivity index (χ1) is 9.81. The number of nitrogens with zero attached hydrogens (tertiary/aromatic N) is 3. The van der Waals surface area contributed by atoms with Gasteiger partial charge in [-0.15, -0.1) is 11.3 Å². The highest BCUT2D eigenvalue weighted by molar-refractivity contribution is 7.13. The quantitative estimate of drug-likeness (QED) is 0.769. The molecule has 2 N–H and O–H groups in total. The lowest BCUT2D eigenvalue weighted by Gasteiger charge is -1.98. The first-order valence-electron chi connectivity index (χ1n) is 5.96. The molecular weight excluding hydrogens is 274 g/mol. The summed E-state index contributed by atoms with van der Waals surface area (Å²) in [6, 6.07) is 9.89. The maximum atomic E-state index is 11.8. The molecule has 0 saturated heterocycles. The zero-order valence-corrected chi connectivity index (χ0v) is 11.2. The van der Waals surface area contributed by atoms with Crippen molar-refractivity contribution in [1.82, 2.24) is 20.2 Å². The largest absolute Gasteiger partial charge is 0.295 e. The topological polar surface area (TPSA) is 83.6 Å². The summed E-state index contributed by atoms with van der Waals surface area (Å²) >= 11 is 1.53. The van der Waals surface area contributed by atoms with E-state index >= 15 is 0 Å². The Bertz CT molecular complexity index is 693. The van der Waals surface area contributed by atoms with E-state index in [2.05, 4.69) is 25.5 Å². The molecule has 2 heterocycles. The first-order valence-corrected chi connectivity index (χ1v) is 6.84. The zero-order valence-electron chi connectivity index (χ0n) is 10.4. The minimum Gasteiger partial charge on any atom is -0.295 e. The zero-order chi connectivity index (χ0) is 13.8. The fraction of sp³-hybridized carbons (Fsp3) is 0.0769. The van der Waals surface area contributed by atoms with Crippen LogP contribution < -0.4 is 5.32 Å². The summed E-state index contributed by atoms with van der Waals surface area (Å²) in [5, 5.41) is 11.7. The molecule has 0 saturated carbocycles. The van der Waals surface area contributed by atoms with E-state index in [0.29, 0.717) is 5.95 Å². The Morgan fingerprint density at radius 2 is 2.15 bits per heavy atom. The SMILES string of the molecule is O=C(Cc1csc(-c2ccccc2)n1)Nc1ncn[nH]1. The van der Waals surface area contributed by atoms with Crippen LogP contribution in [-0.4, -0.2) is 26.1 Å². The van der Waals surface area contributed by atoms with Gasteiger partial charge in [0.15, 0.2) is 0 Å². The number of carbonyl (C=O) groups is 1. The fourth-order valence-electron chi connectivity index (χ4n) is 1.71. The lowest BCUT2D eigenvalue weighted by atomic mass is 10.2.